The molecule has 0 aromatic heterocycles. The fourth-order valence-corrected chi connectivity index (χ4v) is 1.51. The number of nitrogens with two attached hydrogens (primary N) is 1. The van der Waals surface area contributed by atoms with E-state index >= 15 is 0 Å². The van der Waals surface area contributed by atoms with E-state index in [0.717, 1.165) is 11.9 Å². The molecule has 0 saturated heterocycles. The van der Waals surface area contributed by atoms with Crippen molar-refractivity contribution in [1.82, 2.24) is 0 Å². The Morgan fingerprint density at radius 1 is 1.47 bits per heavy atom. The minimum absolute atomic E-state index is 0.00310. The lowest BCUT2D eigenvalue weighted by molar-refractivity contribution is -0.119. The highest BCUT2D eigenvalue weighted by atomic mass is 19.4. The van der Waals surface area contributed by atoms with Crippen molar-refractivity contribution in [3.05, 3.63) is 23.8 Å². The Balaban J connectivity index is 3.16. The zero-order chi connectivity index (χ0) is 13.2. The number of rotatable bonds is 3. The van der Waals surface area contributed by atoms with Gasteiger partial charge in [-0.25, -0.2) is 4.79 Å². The largest absolute Gasteiger partial charge is 0.478 e. The van der Waals surface area contributed by atoms with Gasteiger partial charge in [0.25, 0.3) is 0 Å². The van der Waals surface area contributed by atoms with Gasteiger partial charge in [-0.15, -0.1) is 0 Å². The van der Waals surface area contributed by atoms with Crippen LogP contribution in [0.1, 0.15) is 10.4 Å². The lowest BCUT2D eigenvalue weighted by Gasteiger charge is -2.23. The Kier molecular flexibility index (Phi) is 3.50. The van der Waals surface area contributed by atoms with Crippen LogP contribution in [0.4, 0.5) is 24.5 Å². The molecule has 7 heteroatoms. The highest BCUT2D eigenvalue weighted by Crippen LogP contribution is 2.29. The molecular weight excluding hydrogens is 237 g/mol. The number of hydrogen-bond donors (Lipinski definition) is 2. The van der Waals surface area contributed by atoms with Crippen LogP contribution in [-0.2, 0) is 0 Å². The third-order valence-electron chi connectivity index (χ3n) is 2.10. The molecule has 0 fully saturated rings. The second-order valence-electron chi connectivity index (χ2n) is 3.52. The number of alkyl halides is 3. The van der Waals surface area contributed by atoms with Crippen LogP contribution in [0.25, 0.3) is 0 Å². The van der Waals surface area contributed by atoms with E-state index in [2.05, 4.69) is 0 Å². The molecule has 4 nitrogen and oxygen atoms in total. The van der Waals surface area contributed by atoms with E-state index in [-0.39, 0.29) is 16.9 Å². The summed E-state index contributed by atoms with van der Waals surface area (Å²) in [5.41, 5.74) is 5.12. The van der Waals surface area contributed by atoms with Crippen LogP contribution < -0.4 is 10.6 Å². The van der Waals surface area contributed by atoms with Gasteiger partial charge in [-0.05, 0) is 12.1 Å². The van der Waals surface area contributed by atoms with E-state index in [1.54, 1.807) is 0 Å². The molecule has 17 heavy (non-hydrogen) atoms. The average Bonchev–Trinajstić information content (AvgIpc) is 2.13. The molecule has 0 unspecified atom stereocenters. The molecule has 0 aliphatic rings. The SMILES string of the molecule is CN(CC(F)(F)F)c1c(N)cccc1C(=O)O. The van der Waals surface area contributed by atoms with Crippen molar-refractivity contribution in [2.24, 2.45) is 0 Å². The summed E-state index contributed by atoms with van der Waals surface area (Å²) in [6.45, 7) is -1.26. The first-order valence-corrected chi connectivity index (χ1v) is 4.62. The number of carboxylic acids is 1. The Bertz CT molecular complexity index is 432. The van der Waals surface area contributed by atoms with Gasteiger partial charge in [0.15, 0.2) is 0 Å². The molecule has 0 bridgehead atoms. The number of carboxylic acid groups (broad SMARTS) is 1. The topological polar surface area (TPSA) is 66.6 Å². The maximum absolute atomic E-state index is 12.2. The summed E-state index contributed by atoms with van der Waals surface area (Å²) in [6.07, 6.45) is -4.42. The molecule has 94 valence electrons. The van der Waals surface area contributed by atoms with E-state index < -0.39 is 18.7 Å². The highest BCUT2D eigenvalue weighted by molar-refractivity contribution is 5.97. The number of hydrogen-bond acceptors (Lipinski definition) is 3. The van der Waals surface area contributed by atoms with Crippen molar-refractivity contribution in [1.29, 1.82) is 0 Å². The molecule has 1 rings (SSSR count). The van der Waals surface area contributed by atoms with Gasteiger partial charge >= 0.3 is 12.1 Å². The quantitative estimate of drug-likeness (QED) is 0.802. The second-order valence-corrected chi connectivity index (χ2v) is 3.52. The van der Waals surface area contributed by atoms with Crippen LogP contribution >= 0.6 is 0 Å². The molecular formula is C10H11F3N2O2. The summed E-state index contributed by atoms with van der Waals surface area (Å²) in [4.78, 5) is 11.7. The van der Waals surface area contributed by atoms with Crippen molar-refractivity contribution in [2.75, 3.05) is 24.2 Å². The van der Waals surface area contributed by atoms with Gasteiger partial charge in [0.2, 0.25) is 0 Å². The van der Waals surface area contributed by atoms with Gasteiger partial charge in [-0.3, -0.25) is 0 Å². The third kappa shape index (κ3) is 3.27. The van der Waals surface area contributed by atoms with E-state index in [0.29, 0.717) is 0 Å². The molecule has 0 radical (unpaired) electrons. The third-order valence-corrected chi connectivity index (χ3v) is 2.10. The lowest BCUT2D eigenvalue weighted by atomic mass is 10.1. The van der Waals surface area contributed by atoms with Crippen LogP contribution in [0.5, 0.6) is 0 Å². The fraction of sp³-hybridized carbons (Fsp3) is 0.300. The van der Waals surface area contributed by atoms with Crippen LogP contribution in [0.3, 0.4) is 0 Å². The van der Waals surface area contributed by atoms with Crippen molar-refractivity contribution in [2.45, 2.75) is 6.18 Å². The number of nitrogens with zero attached hydrogens (tertiary/aromatic N) is 1. The summed E-state index contributed by atoms with van der Waals surface area (Å²) >= 11 is 0. The van der Waals surface area contributed by atoms with Gasteiger partial charge in [0, 0.05) is 7.05 Å². The maximum Gasteiger partial charge on any atom is 0.405 e. The van der Waals surface area contributed by atoms with Gasteiger partial charge in [0.05, 0.1) is 16.9 Å². The number of nitrogen functional groups attached to an aromatic ring is 1. The first-order chi connectivity index (χ1) is 7.72. The smallest absolute Gasteiger partial charge is 0.405 e. The van der Waals surface area contributed by atoms with Crippen molar-refractivity contribution >= 4 is 17.3 Å². The molecule has 0 aliphatic carbocycles. The number of aromatic carboxylic acids is 1. The van der Waals surface area contributed by atoms with E-state index in [9.17, 15) is 18.0 Å². The Morgan fingerprint density at radius 2 is 2.06 bits per heavy atom. The Labute approximate surface area is 95.4 Å². The van der Waals surface area contributed by atoms with E-state index in [1.165, 1.54) is 18.2 Å². The van der Waals surface area contributed by atoms with Crippen LogP contribution in [-0.4, -0.2) is 30.8 Å². The molecule has 0 heterocycles. The second kappa shape index (κ2) is 4.52. The average molecular weight is 248 g/mol. The van der Waals surface area contributed by atoms with Crippen LogP contribution in [0.2, 0.25) is 0 Å². The van der Waals surface area contributed by atoms with E-state index in [1.807, 2.05) is 0 Å². The summed E-state index contributed by atoms with van der Waals surface area (Å²) < 4.78 is 36.7. The Morgan fingerprint density at radius 3 is 2.53 bits per heavy atom. The normalized spacial score (nSPS) is 11.3. The number of halogens is 3. The van der Waals surface area contributed by atoms with Crippen LogP contribution in [0, 0.1) is 0 Å². The standard InChI is InChI=1S/C10H11F3N2O2/c1-15(5-10(11,12)13)8-6(9(16)17)3-2-4-7(8)14/h2-4H,5,14H2,1H3,(H,16,17). The summed E-state index contributed by atoms with van der Waals surface area (Å²) in [6, 6.07) is 3.94. The number of carbonyl (C=O) groups is 1. The van der Waals surface area contributed by atoms with Crippen molar-refractivity contribution in [3.8, 4) is 0 Å². The zero-order valence-corrected chi connectivity index (χ0v) is 8.95. The predicted molar refractivity (Wildman–Crippen MR) is 57.1 cm³/mol. The van der Waals surface area contributed by atoms with Gasteiger partial charge in [0.1, 0.15) is 6.54 Å². The minimum atomic E-state index is -4.42. The lowest BCUT2D eigenvalue weighted by Crippen LogP contribution is -2.32. The van der Waals surface area contributed by atoms with Crippen molar-refractivity contribution < 1.29 is 23.1 Å². The Hall–Kier alpha value is -1.92. The number of anilines is 2. The predicted octanol–water partition coefficient (Wildman–Crippen LogP) is 1.97. The molecule has 0 amide bonds. The summed E-state index contributed by atoms with van der Waals surface area (Å²) in [5.74, 6) is -1.32. The van der Waals surface area contributed by atoms with Gasteiger partial charge in [-0.1, -0.05) is 6.07 Å². The highest BCUT2D eigenvalue weighted by Gasteiger charge is 2.31. The molecule has 0 spiro atoms. The molecule has 0 aliphatic heterocycles. The fourth-order valence-electron chi connectivity index (χ4n) is 1.51. The number of para-hydroxylation sites is 1. The molecule has 1 aromatic carbocycles. The van der Waals surface area contributed by atoms with Crippen molar-refractivity contribution in [3.63, 3.8) is 0 Å². The maximum atomic E-state index is 12.2. The minimum Gasteiger partial charge on any atom is -0.478 e. The first kappa shape index (κ1) is 13.1. The summed E-state index contributed by atoms with van der Waals surface area (Å²) in [5, 5.41) is 8.87. The molecule has 0 saturated carbocycles. The van der Waals surface area contributed by atoms with Gasteiger partial charge in [-0.2, -0.15) is 13.2 Å². The molecule has 3 N–H and O–H groups in total. The summed E-state index contributed by atoms with van der Waals surface area (Å²) in [7, 11) is 1.14. The first-order valence-electron chi connectivity index (χ1n) is 4.62. The monoisotopic (exact) mass is 248 g/mol. The van der Waals surface area contributed by atoms with Crippen LogP contribution in [0.15, 0.2) is 18.2 Å². The van der Waals surface area contributed by atoms with Gasteiger partial charge < -0.3 is 15.7 Å². The molecule has 1 aromatic rings. The zero-order valence-electron chi connectivity index (χ0n) is 8.95. The number of benzene rings is 1. The molecule has 0 atom stereocenters. The van der Waals surface area contributed by atoms with E-state index in [4.69, 9.17) is 10.8 Å².